The van der Waals surface area contributed by atoms with E-state index in [1.807, 2.05) is 12.4 Å². The molecular weight excluding hydrogens is 286 g/mol. The Morgan fingerprint density at radius 3 is 2.81 bits per heavy atom. The van der Waals surface area contributed by atoms with Gasteiger partial charge in [-0.25, -0.2) is 13.1 Å². The molecule has 1 aliphatic rings. The molecular formula is C15H25N3O2S. The molecule has 0 radical (unpaired) electrons. The predicted octanol–water partition coefficient (Wildman–Crippen LogP) is 1.42. The molecule has 0 aromatic carbocycles. The summed E-state index contributed by atoms with van der Waals surface area (Å²) in [7, 11) is -3.07. The molecule has 1 aliphatic heterocycles. The third kappa shape index (κ3) is 6.11. The zero-order chi connectivity index (χ0) is 15.1. The van der Waals surface area contributed by atoms with Gasteiger partial charge in [0.05, 0.1) is 6.26 Å². The topological polar surface area (TPSA) is 62.3 Å². The van der Waals surface area contributed by atoms with Gasteiger partial charge in [0.15, 0.2) is 0 Å². The van der Waals surface area contributed by atoms with Gasteiger partial charge in [-0.3, -0.25) is 4.98 Å². The van der Waals surface area contributed by atoms with Crippen LogP contribution in [0.3, 0.4) is 0 Å². The molecule has 0 saturated carbocycles. The van der Waals surface area contributed by atoms with Gasteiger partial charge in [0, 0.05) is 31.5 Å². The molecule has 1 N–H and O–H groups in total. The lowest BCUT2D eigenvalue weighted by atomic mass is 9.98. The standard InChI is InChI=1S/C15H25N3O2S/c1-21(19,20)17-11-7-15-4-2-3-12-18(15)13-8-14-5-9-16-10-6-14/h5-6,9-10,15,17H,2-4,7-8,11-13H2,1H3. The van der Waals surface area contributed by atoms with Crippen LogP contribution in [0.15, 0.2) is 24.5 Å². The summed E-state index contributed by atoms with van der Waals surface area (Å²) in [6.07, 6.45) is 10.5. The van der Waals surface area contributed by atoms with Crippen LogP contribution < -0.4 is 4.72 Å². The van der Waals surface area contributed by atoms with Crippen LogP contribution in [-0.4, -0.2) is 50.2 Å². The van der Waals surface area contributed by atoms with E-state index in [1.165, 1.54) is 31.1 Å². The first-order valence-corrected chi connectivity index (χ1v) is 9.51. The lowest BCUT2D eigenvalue weighted by Crippen LogP contribution is -2.42. The molecule has 0 amide bonds. The van der Waals surface area contributed by atoms with Crippen LogP contribution in [0.1, 0.15) is 31.2 Å². The van der Waals surface area contributed by atoms with Crippen molar-refractivity contribution in [2.75, 3.05) is 25.9 Å². The number of nitrogens with zero attached hydrogens (tertiary/aromatic N) is 2. The fourth-order valence-corrected chi connectivity index (χ4v) is 3.40. The molecule has 1 saturated heterocycles. The first kappa shape index (κ1) is 16.4. The molecule has 2 rings (SSSR count). The van der Waals surface area contributed by atoms with Gasteiger partial charge in [0.2, 0.25) is 10.0 Å². The number of pyridine rings is 1. The molecule has 0 spiro atoms. The molecule has 2 heterocycles. The maximum atomic E-state index is 11.1. The third-order valence-corrected chi connectivity index (χ3v) is 4.76. The molecule has 1 atom stereocenters. The summed E-state index contributed by atoms with van der Waals surface area (Å²) in [6, 6.07) is 4.61. The summed E-state index contributed by atoms with van der Waals surface area (Å²) in [6.45, 7) is 2.69. The molecule has 1 aromatic rings. The molecule has 21 heavy (non-hydrogen) atoms. The number of aromatic nitrogens is 1. The van der Waals surface area contributed by atoms with Gasteiger partial charge < -0.3 is 4.90 Å². The van der Waals surface area contributed by atoms with Crippen molar-refractivity contribution in [3.63, 3.8) is 0 Å². The quantitative estimate of drug-likeness (QED) is 0.827. The van der Waals surface area contributed by atoms with Gasteiger partial charge >= 0.3 is 0 Å². The van der Waals surface area contributed by atoms with Crippen LogP contribution in [-0.2, 0) is 16.4 Å². The van der Waals surface area contributed by atoms with Crippen LogP contribution in [0.4, 0.5) is 0 Å². The third-order valence-electron chi connectivity index (χ3n) is 4.03. The van der Waals surface area contributed by atoms with E-state index in [2.05, 4.69) is 26.7 Å². The van der Waals surface area contributed by atoms with Gasteiger partial charge in [-0.1, -0.05) is 6.42 Å². The number of sulfonamides is 1. The van der Waals surface area contributed by atoms with Crippen molar-refractivity contribution in [3.05, 3.63) is 30.1 Å². The van der Waals surface area contributed by atoms with E-state index in [9.17, 15) is 8.42 Å². The van der Waals surface area contributed by atoms with E-state index in [1.54, 1.807) is 0 Å². The molecule has 118 valence electrons. The second kappa shape index (κ2) is 7.87. The highest BCUT2D eigenvalue weighted by molar-refractivity contribution is 7.88. The maximum Gasteiger partial charge on any atom is 0.208 e. The fraction of sp³-hybridized carbons (Fsp3) is 0.667. The highest BCUT2D eigenvalue weighted by Crippen LogP contribution is 2.19. The smallest absolute Gasteiger partial charge is 0.208 e. The van der Waals surface area contributed by atoms with E-state index >= 15 is 0 Å². The molecule has 5 nitrogen and oxygen atoms in total. The second-order valence-electron chi connectivity index (χ2n) is 5.75. The molecule has 0 bridgehead atoms. The van der Waals surface area contributed by atoms with Crippen LogP contribution in [0.25, 0.3) is 0 Å². The summed E-state index contributed by atoms with van der Waals surface area (Å²) in [4.78, 5) is 6.55. The zero-order valence-corrected chi connectivity index (χ0v) is 13.5. The van der Waals surface area contributed by atoms with Crippen LogP contribution >= 0.6 is 0 Å². The van der Waals surface area contributed by atoms with Crippen molar-refractivity contribution in [1.82, 2.24) is 14.6 Å². The van der Waals surface area contributed by atoms with Gasteiger partial charge in [-0.05, 0) is 49.9 Å². The van der Waals surface area contributed by atoms with Crippen molar-refractivity contribution < 1.29 is 8.42 Å². The van der Waals surface area contributed by atoms with Crippen molar-refractivity contribution in [3.8, 4) is 0 Å². The van der Waals surface area contributed by atoms with Gasteiger partial charge in [-0.15, -0.1) is 0 Å². The summed E-state index contributed by atoms with van der Waals surface area (Å²) in [5, 5.41) is 0. The Balaban J connectivity index is 1.81. The molecule has 6 heteroatoms. The van der Waals surface area contributed by atoms with Crippen molar-refractivity contribution in [1.29, 1.82) is 0 Å². The predicted molar refractivity (Wildman–Crippen MR) is 84.6 cm³/mol. The summed E-state index contributed by atoms with van der Waals surface area (Å²) < 4.78 is 24.9. The number of nitrogens with one attached hydrogen (secondary N) is 1. The first-order chi connectivity index (χ1) is 10.0. The lowest BCUT2D eigenvalue weighted by molar-refractivity contribution is 0.143. The van der Waals surface area contributed by atoms with E-state index in [4.69, 9.17) is 0 Å². The van der Waals surface area contributed by atoms with E-state index in [0.717, 1.165) is 25.9 Å². The fourth-order valence-electron chi connectivity index (χ4n) is 2.91. The highest BCUT2D eigenvalue weighted by Gasteiger charge is 2.21. The summed E-state index contributed by atoms with van der Waals surface area (Å²) in [5.41, 5.74) is 1.31. The van der Waals surface area contributed by atoms with Gasteiger partial charge in [-0.2, -0.15) is 0 Å². The first-order valence-electron chi connectivity index (χ1n) is 7.62. The van der Waals surface area contributed by atoms with Gasteiger partial charge in [0.1, 0.15) is 0 Å². The largest absolute Gasteiger partial charge is 0.300 e. The van der Waals surface area contributed by atoms with Crippen LogP contribution in [0.2, 0.25) is 0 Å². The van der Waals surface area contributed by atoms with Crippen molar-refractivity contribution in [2.45, 2.75) is 38.1 Å². The molecule has 1 aromatic heterocycles. The average molecular weight is 311 g/mol. The van der Waals surface area contributed by atoms with Crippen LogP contribution in [0.5, 0.6) is 0 Å². The average Bonchev–Trinajstić information content (AvgIpc) is 2.46. The number of piperidine rings is 1. The van der Waals surface area contributed by atoms with E-state index in [-0.39, 0.29) is 0 Å². The second-order valence-corrected chi connectivity index (χ2v) is 7.58. The normalized spacial score (nSPS) is 20.5. The minimum atomic E-state index is -3.07. The Kier molecular flexibility index (Phi) is 6.14. The Bertz CT molecular complexity index is 519. The zero-order valence-electron chi connectivity index (χ0n) is 12.7. The van der Waals surface area contributed by atoms with Crippen molar-refractivity contribution >= 4 is 10.0 Å². The van der Waals surface area contributed by atoms with Crippen LogP contribution in [0, 0.1) is 0 Å². The SMILES string of the molecule is CS(=O)(=O)NCCC1CCCCN1CCc1ccncc1. The Morgan fingerprint density at radius 1 is 1.33 bits per heavy atom. The van der Waals surface area contributed by atoms with E-state index < -0.39 is 10.0 Å². The highest BCUT2D eigenvalue weighted by atomic mass is 32.2. The summed E-state index contributed by atoms with van der Waals surface area (Å²) >= 11 is 0. The number of hydrogen-bond donors (Lipinski definition) is 1. The van der Waals surface area contributed by atoms with Crippen molar-refractivity contribution in [2.24, 2.45) is 0 Å². The Labute approximate surface area is 127 Å². The Morgan fingerprint density at radius 2 is 2.10 bits per heavy atom. The minimum absolute atomic E-state index is 0.495. The maximum absolute atomic E-state index is 11.1. The minimum Gasteiger partial charge on any atom is -0.300 e. The van der Waals surface area contributed by atoms with E-state index in [0.29, 0.717) is 12.6 Å². The number of hydrogen-bond acceptors (Lipinski definition) is 4. The number of likely N-dealkylation sites (tertiary alicyclic amines) is 1. The molecule has 0 aliphatic carbocycles. The molecule has 1 fully saturated rings. The summed E-state index contributed by atoms with van der Waals surface area (Å²) in [5.74, 6) is 0. The monoisotopic (exact) mass is 311 g/mol. The van der Waals surface area contributed by atoms with Gasteiger partial charge in [0.25, 0.3) is 0 Å². The number of rotatable bonds is 7. The molecule has 1 unspecified atom stereocenters. The lowest BCUT2D eigenvalue weighted by Gasteiger charge is -2.36. The Hall–Kier alpha value is -0.980.